The van der Waals surface area contributed by atoms with Crippen molar-refractivity contribution < 1.29 is 35.7 Å². The Balaban J connectivity index is 2.48. The van der Waals surface area contributed by atoms with Crippen molar-refractivity contribution in [2.75, 3.05) is 0 Å². The molecule has 1 N–H and O–H groups in total. The van der Waals surface area contributed by atoms with Crippen molar-refractivity contribution in [1.29, 1.82) is 0 Å². The van der Waals surface area contributed by atoms with Gasteiger partial charge in [-0.2, -0.15) is 21.6 Å². The van der Waals surface area contributed by atoms with Gasteiger partial charge in [0.1, 0.15) is 5.75 Å². The topological polar surface area (TPSA) is 93.6 Å². The zero-order valence-electron chi connectivity index (χ0n) is 12.6. The van der Waals surface area contributed by atoms with Crippen LogP contribution >= 0.6 is 23.2 Å². The van der Waals surface area contributed by atoms with E-state index in [0.717, 1.165) is 18.2 Å². The summed E-state index contributed by atoms with van der Waals surface area (Å²) in [5, 5.41) is 8.83. The molecule has 0 aliphatic heterocycles. The molecule has 0 saturated carbocycles. The number of hydrogen-bond donors (Lipinski definition) is 1. The Bertz CT molecular complexity index is 993. The molecule has 1 aromatic heterocycles. The highest BCUT2D eigenvalue weighted by atomic mass is 35.5. The second-order valence-electron chi connectivity index (χ2n) is 4.92. The van der Waals surface area contributed by atoms with Crippen molar-refractivity contribution in [2.45, 2.75) is 12.4 Å². The van der Waals surface area contributed by atoms with Gasteiger partial charge in [0, 0.05) is 11.6 Å². The minimum Gasteiger partial charge on any atom is -0.476 e. The number of aromatic carboxylic acids is 1. The number of alkyl halides is 3. The zero-order valence-corrected chi connectivity index (χ0v) is 15.0. The summed E-state index contributed by atoms with van der Waals surface area (Å²) >= 11 is 11.8. The molecule has 0 aliphatic carbocycles. The van der Waals surface area contributed by atoms with Crippen LogP contribution in [0, 0.1) is 6.92 Å². The van der Waals surface area contributed by atoms with Crippen molar-refractivity contribution in [3.05, 3.63) is 45.6 Å². The van der Waals surface area contributed by atoms with E-state index in [1.54, 1.807) is 0 Å². The molecule has 6 nitrogen and oxygen atoms in total. The van der Waals surface area contributed by atoms with Gasteiger partial charge in [0.05, 0.1) is 15.7 Å². The van der Waals surface area contributed by atoms with Crippen LogP contribution in [0.15, 0.2) is 24.3 Å². The molecular weight excluding hydrogens is 422 g/mol. The van der Waals surface area contributed by atoms with E-state index in [4.69, 9.17) is 28.3 Å². The fraction of sp³-hybridized carbons (Fsp3) is 0.143. The maximum atomic E-state index is 12.3. The molecule has 12 heteroatoms. The third kappa shape index (κ3) is 4.02. The average molecular weight is 430 g/mol. The molecule has 0 spiro atoms. The predicted molar refractivity (Wildman–Crippen MR) is 87.0 cm³/mol. The normalized spacial score (nSPS) is 12.1. The molecule has 26 heavy (non-hydrogen) atoms. The number of benzene rings is 1. The number of rotatable bonds is 4. The summed E-state index contributed by atoms with van der Waals surface area (Å²) < 4.78 is 63.0. The SMILES string of the molecule is Cc1cc(-c2ccc(OS(=O)(=O)C(F)(F)F)cc2Cl)nc(C(=O)O)c1Cl. The lowest BCUT2D eigenvalue weighted by Crippen LogP contribution is -2.28. The Labute approximate surface area is 155 Å². The van der Waals surface area contributed by atoms with Gasteiger partial charge in [-0.3, -0.25) is 0 Å². The highest BCUT2D eigenvalue weighted by Gasteiger charge is 2.48. The van der Waals surface area contributed by atoms with Gasteiger partial charge >= 0.3 is 21.6 Å². The monoisotopic (exact) mass is 429 g/mol. The van der Waals surface area contributed by atoms with E-state index in [1.165, 1.54) is 13.0 Å². The first-order chi connectivity index (χ1) is 11.8. The maximum Gasteiger partial charge on any atom is 0.534 e. The minimum absolute atomic E-state index is 0.0754. The molecular formula is C14H8Cl2F3NO5S. The van der Waals surface area contributed by atoms with E-state index >= 15 is 0 Å². The minimum atomic E-state index is -5.84. The molecule has 2 rings (SSSR count). The van der Waals surface area contributed by atoms with E-state index in [1.807, 2.05) is 0 Å². The van der Waals surface area contributed by atoms with Crippen LogP contribution in [-0.4, -0.2) is 30.0 Å². The standard InChI is InChI=1S/C14H8Cl2F3NO5S/c1-6-4-10(20-12(11(6)16)13(21)22)8-3-2-7(5-9(8)15)25-26(23,24)14(17,18)19/h2-5H,1H3,(H,21,22). The number of carbonyl (C=O) groups is 1. The van der Waals surface area contributed by atoms with Crippen molar-refractivity contribution in [1.82, 2.24) is 4.98 Å². The number of nitrogens with zero attached hydrogens (tertiary/aromatic N) is 1. The number of carboxylic acid groups (broad SMARTS) is 1. The van der Waals surface area contributed by atoms with Gasteiger partial charge < -0.3 is 9.29 Å². The molecule has 1 aromatic carbocycles. The lowest BCUT2D eigenvalue weighted by atomic mass is 10.1. The number of carboxylic acids is 1. The maximum absolute atomic E-state index is 12.3. The number of aromatic nitrogens is 1. The van der Waals surface area contributed by atoms with Gasteiger partial charge in [0.2, 0.25) is 0 Å². The lowest BCUT2D eigenvalue weighted by molar-refractivity contribution is -0.0500. The summed E-state index contributed by atoms with van der Waals surface area (Å²) in [7, 11) is -5.84. The highest BCUT2D eigenvalue weighted by Crippen LogP contribution is 2.34. The van der Waals surface area contributed by atoms with Gasteiger partial charge in [-0.25, -0.2) is 9.78 Å². The van der Waals surface area contributed by atoms with E-state index < -0.39 is 33.0 Å². The molecule has 0 radical (unpaired) electrons. The first-order valence-corrected chi connectivity index (χ1v) is 8.71. The van der Waals surface area contributed by atoms with Crippen LogP contribution in [0.1, 0.15) is 16.1 Å². The summed E-state index contributed by atoms with van der Waals surface area (Å²) in [6.45, 7) is 1.53. The zero-order chi connectivity index (χ0) is 19.9. The molecule has 0 aliphatic rings. The van der Waals surface area contributed by atoms with E-state index in [-0.39, 0.29) is 21.3 Å². The summed E-state index contributed by atoms with van der Waals surface area (Å²) in [5.74, 6) is -2.05. The highest BCUT2D eigenvalue weighted by molar-refractivity contribution is 7.88. The van der Waals surface area contributed by atoms with Crippen molar-refractivity contribution >= 4 is 39.3 Å². The van der Waals surface area contributed by atoms with E-state index in [2.05, 4.69) is 9.17 Å². The Morgan fingerprint density at radius 3 is 2.35 bits per heavy atom. The Kier molecular flexibility index (Phi) is 5.41. The molecule has 2 aromatic rings. The molecule has 0 bridgehead atoms. The van der Waals surface area contributed by atoms with E-state index in [9.17, 15) is 26.4 Å². The van der Waals surface area contributed by atoms with Gasteiger partial charge in [0.25, 0.3) is 0 Å². The smallest absolute Gasteiger partial charge is 0.476 e. The quantitative estimate of drug-likeness (QED) is 0.575. The first-order valence-electron chi connectivity index (χ1n) is 6.54. The third-order valence-electron chi connectivity index (χ3n) is 3.05. The van der Waals surface area contributed by atoms with Crippen LogP contribution in [0.25, 0.3) is 11.3 Å². The van der Waals surface area contributed by atoms with Crippen molar-refractivity contribution in [3.63, 3.8) is 0 Å². The number of halogens is 5. The molecule has 0 unspecified atom stereocenters. The molecule has 1 heterocycles. The second kappa shape index (κ2) is 6.93. The molecule has 0 atom stereocenters. The van der Waals surface area contributed by atoms with Crippen LogP contribution < -0.4 is 4.18 Å². The summed E-state index contributed by atoms with van der Waals surface area (Å²) in [5.41, 5.74) is -5.42. The van der Waals surface area contributed by atoms with Crippen LogP contribution in [0.3, 0.4) is 0 Å². The molecule has 140 valence electrons. The van der Waals surface area contributed by atoms with Crippen molar-refractivity contribution in [3.8, 4) is 17.0 Å². The number of aryl methyl sites for hydroxylation is 1. The lowest BCUT2D eigenvalue weighted by Gasteiger charge is -2.12. The van der Waals surface area contributed by atoms with Gasteiger partial charge in [-0.1, -0.05) is 23.2 Å². The Morgan fingerprint density at radius 2 is 1.85 bits per heavy atom. The third-order valence-corrected chi connectivity index (χ3v) is 4.82. The number of pyridine rings is 1. The van der Waals surface area contributed by atoms with Gasteiger partial charge in [-0.15, -0.1) is 0 Å². The van der Waals surface area contributed by atoms with Gasteiger partial charge in [0.15, 0.2) is 5.69 Å². The van der Waals surface area contributed by atoms with Gasteiger partial charge in [-0.05, 0) is 30.7 Å². The summed E-state index contributed by atoms with van der Waals surface area (Å²) in [4.78, 5) is 15.0. The predicted octanol–water partition coefficient (Wildman–Crippen LogP) is 4.29. The largest absolute Gasteiger partial charge is 0.534 e. The summed E-state index contributed by atoms with van der Waals surface area (Å²) in [6, 6.07) is 4.33. The molecule has 0 fully saturated rings. The average Bonchev–Trinajstić information content (AvgIpc) is 2.48. The first kappa shape index (κ1) is 20.3. The van der Waals surface area contributed by atoms with Crippen LogP contribution in [-0.2, 0) is 10.1 Å². The molecule has 0 amide bonds. The Morgan fingerprint density at radius 1 is 1.23 bits per heavy atom. The fourth-order valence-corrected chi connectivity index (χ4v) is 2.76. The summed E-state index contributed by atoms with van der Waals surface area (Å²) in [6.07, 6.45) is 0. The Hall–Kier alpha value is -2.04. The van der Waals surface area contributed by atoms with Crippen LogP contribution in [0.2, 0.25) is 10.0 Å². The van der Waals surface area contributed by atoms with Crippen LogP contribution in [0.5, 0.6) is 5.75 Å². The van der Waals surface area contributed by atoms with E-state index in [0.29, 0.717) is 5.56 Å². The van der Waals surface area contributed by atoms with Crippen LogP contribution in [0.4, 0.5) is 13.2 Å². The second-order valence-corrected chi connectivity index (χ2v) is 7.24. The molecule has 0 saturated heterocycles. The fourth-order valence-electron chi connectivity index (χ4n) is 1.87. The van der Waals surface area contributed by atoms with Crippen molar-refractivity contribution in [2.24, 2.45) is 0 Å². The number of hydrogen-bond acceptors (Lipinski definition) is 5.